The molecule has 0 aliphatic rings. The molecular weight excluding hydrogens is 498 g/mol. The van der Waals surface area contributed by atoms with Gasteiger partial charge in [-0.1, -0.05) is 59.6 Å². The van der Waals surface area contributed by atoms with Crippen molar-refractivity contribution in [2.24, 2.45) is 0 Å². The molecule has 1 amide bonds. The molecule has 0 fully saturated rings. The van der Waals surface area contributed by atoms with Gasteiger partial charge in [0.1, 0.15) is 5.82 Å². The Kier molecular flexibility index (Phi) is 9.08. The Morgan fingerprint density at radius 3 is 2.32 bits per heavy atom. The average molecular weight is 523 g/mol. The van der Waals surface area contributed by atoms with Crippen molar-refractivity contribution >= 4 is 39.1 Å². The molecule has 3 rings (SSSR count). The molecule has 0 aliphatic heterocycles. The van der Waals surface area contributed by atoms with Crippen LogP contribution in [-0.4, -0.2) is 31.2 Å². The molecule has 3 aromatic rings. The zero-order valence-corrected chi connectivity index (χ0v) is 20.9. The Bertz CT molecular complexity index is 1200. The standard InChI is InChI=1S/C25H25Cl2FN2O3S/c1-18(10-11-19-6-3-2-4-7-19)29-25(31)17-30(16-22-23(27)8-5-9-24(22)28)34(32,33)21-14-12-20(26)13-15-21/h2-9,12-15,18H,10-11,16-17H2,1H3,(H,29,31)/t18-/m0/s1. The van der Waals surface area contributed by atoms with Gasteiger partial charge < -0.3 is 5.32 Å². The van der Waals surface area contributed by atoms with Gasteiger partial charge in [-0.2, -0.15) is 4.31 Å². The van der Waals surface area contributed by atoms with Crippen LogP contribution < -0.4 is 5.32 Å². The molecule has 0 heterocycles. The highest BCUT2D eigenvalue weighted by Gasteiger charge is 2.29. The molecule has 0 unspecified atom stereocenters. The minimum Gasteiger partial charge on any atom is -0.352 e. The summed E-state index contributed by atoms with van der Waals surface area (Å²) in [4.78, 5) is 12.7. The van der Waals surface area contributed by atoms with E-state index in [4.69, 9.17) is 23.2 Å². The highest BCUT2D eigenvalue weighted by molar-refractivity contribution is 7.89. The number of nitrogens with zero attached hydrogens (tertiary/aromatic N) is 1. The second kappa shape index (κ2) is 11.8. The van der Waals surface area contributed by atoms with E-state index in [2.05, 4.69) is 5.32 Å². The highest BCUT2D eigenvalue weighted by atomic mass is 35.5. The van der Waals surface area contributed by atoms with Crippen molar-refractivity contribution in [1.82, 2.24) is 9.62 Å². The number of carbonyl (C=O) groups excluding carboxylic acids is 1. The molecule has 0 spiro atoms. The van der Waals surface area contributed by atoms with Crippen molar-refractivity contribution in [3.8, 4) is 0 Å². The first-order valence-electron chi connectivity index (χ1n) is 10.7. The Morgan fingerprint density at radius 1 is 1.00 bits per heavy atom. The van der Waals surface area contributed by atoms with Gasteiger partial charge in [-0.15, -0.1) is 0 Å². The van der Waals surface area contributed by atoms with Gasteiger partial charge in [-0.3, -0.25) is 4.79 Å². The number of aryl methyl sites for hydroxylation is 1. The Morgan fingerprint density at radius 2 is 1.68 bits per heavy atom. The number of carbonyl (C=O) groups is 1. The fourth-order valence-corrected chi connectivity index (χ4v) is 5.14. The van der Waals surface area contributed by atoms with Crippen LogP contribution in [-0.2, 0) is 27.8 Å². The average Bonchev–Trinajstić information content (AvgIpc) is 2.80. The van der Waals surface area contributed by atoms with Crippen LogP contribution in [0.2, 0.25) is 10.0 Å². The summed E-state index contributed by atoms with van der Waals surface area (Å²) in [6.45, 7) is 0.959. The van der Waals surface area contributed by atoms with Gasteiger partial charge >= 0.3 is 0 Å². The SMILES string of the molecule is C[C@@H](CCc1ccccc1)NC(=O)CN(Cc1c(F)cccc1Cl)S(=O)(=O)c1ccc(Cl)cc1. The molecule has 0 aliphatic carbocycles. The molecule has 3 aromatic carbocycles. The fourth-order valence-electron chi connectivity index (χ4n) is 3.42. The van der Waals surface area contributed by atoms with Gasteiger partial charge in [-0.05, 0) is 61.7 Å². The minimum atomic E-state index is -4.15. The van der Waals surface area contributed by atoms with Crippen LogP contribution in [0.5, 0.6) is 0 Å². The summed E-state index contributed by atoms with van der Waals surface area (Å²) in [6, 6.07) is 19.3. The first kappa shape index (κ1) is 26.2. The van der Waals surface area contributed by atoms with Crippen LogP contribution in [0, 0.1) is 5.82 Å². The first-order valence-corrected chi connectivity index (χ1v) is 12.9. The quantitative estimate of drug-likeness (QED) is 0.384. The van der Waals surface area contributed by atoms with Gasteiger partial charge in [0.2, 0.25) is 15.9 Å². The summed E-state index contributed by atoms with van der Waals surface area (Å²) in [6.07, 6.45) is 1.44. The number of benzene rings is 3. The normalized spacial score (nSPS) is 12.5. The van der Waals surface area contributed by atoms with Crippen molar-refractivity contribution in [3.05, 3.63) is 99.8 Å². The lowest BCUT2D eigenvalue weighted by Gasteiger charge is -2.24. The lowest BCUT2D eigenvalue weighted by atomic mass is 10.1. The van der Waals surface area contributed by atoms with Gasteiger partial charge in [0.25, 0.3) is 0 Å². The number of sulfonamides is 1. The Balaban J connectivity index is 1.77. The summed E-state index contributed by atoms with van der Waals surface area (Å²) < 4.78 is 42.0. The van der Waals surface area contributed by atoms with Crippen LogP contribution in [0.25, 0.3) is 0 Å². The maximum atomic E-state index is 14.4. The Hall–Kier alpha value is -2.45. The van der Waals surface area contributed by atoms with Crippen LogP contribution >= 0.6 is 23.2 Å². The number of amides is 1. The van der Waals surface area contributed by atoms with Crippen molar-refractivity contribution < 1.29 is 17.6 Å². The second-order valence-corrected chi connectivity index (χ2v) is 10.7. The number of hydrogen-bond donors (Lipinski definition) is 1. The smallest absolute Gasteiger partial charge is 0.243 e. The summed E-state index contributed by atoms with van der Waals surface area (Å²) in [5.41, 5.74) is 1.14. The van der Waals surface area contributed by atoms with E-state index in [1.54, 1.807) is 0 Å². The first-order chi connectivity index (χ1) is 16.2. The van der Waals surface area contributed by atoms with Gasteiger partial charge in [0, 0.05) is 28.2 Å². The van der Waals surface area contributed by atoms with Gasteiger partial charge in [-0.25, -0.2) is 12.8 Å². The third kappa shape index (κ3) is 7.03. The predicted molar refractivity (Wildman–Crippen MR) is 133 cm³/mol. The zero-order chi connectivity index (χ0) is 24.7. The number of nitrogens with one attached hydrogen (secondary N) is 1. The highest BCUT2D eigenvalue weighted by Crippen LogP contribution is 2.25. The lowest BCUT2D eigenvalue weighted by molar-refractivity contribution is -0.122. The van der Waals surface area contributed by atoms with Crippen molar-refractivity contribution in [3.63, 3.8) is 0 Å². The molecule has 34 heavy (non-hydrogen) atoms. The van der Waals surface area contributed by atoms with Crippen molar-refractivity contribution in [2.45, 2.75) is 37.2 Å². The fraction of sp³-hybridized carbons (Fsp3) is 0.240. The van der Waals surface area contributed by atoms with E-state index < -0.39 is 34.8 Å². The third-order valence-electron chi connectivity index (χ3n) is 5.28. The van der Waals surface area contributed by atoms with E-state index in [9.17, 15) is 17.6 Å². The van der Waals surface area contributed by atoms with E-state index >= 15 is 0 Å². The van der Waals surface area contributed by atoms with Crippen molar-refractivity contribution in [1.29, 1.82) is 0 Å². The van der Waals surface area contributed by atoms with Gasteiger partial charge in [0.05, 0.1) is 11.4 Å². The molecular formula is C25H25Cl2FN2O3S. The van der Waals surface area contributed by atoms with E-state index in [0.29, 0.717) is 11.4 Å². The van der Waals surface area contributed by atoms with Crippen LogP contribution in [0.3, 0.4) is 0 Å². The van der Waals surface area contributed by atoms with Gasteiger partial charge in [0.15, 0.2) is 0 Å². The lowest BCUT2D eigenvalue weighted by Crippen LogP contribution is -2.43. The maximum Gasteiger partial charge on any atom is 0.243 e. The summed E-state index contributed by atoms with van der Waals surface area (Å²) >= 11 is 12.0. The molecule has 1 N–H and O–H groups in total. The van der Waals surface area contributed by atoms with E-state index in [0.717, 1.165) is 16.3 Å². The van der Waals surface area contributed by atoms with E-state index in [-0.39, 0.29) is 21.5 Å². The topological polar surface area (TPSA) is 66.5 Å². The number of halogens is 3. The molecule has 0 aromatic heterocycles. The van der Waals surface area contributed by atoms with Crippen LogP contribution in [0.1, 0.15) is 24.5 Å². The van der Waals surface area contributed by atoms with Crippen LogP contribution in [0.4, 0.5) is 4.39 Å². The number of rotatable bonds is 10. The molecule has 0 saturated heterocycles. The molecule has 0 bridgehead atoms. The van der Waals surface area contributed by atoms with Crippen LogP contribution in [0.15, 0.2) is 77.7 Å². The maximum absolute atomic E-state index is 14.4. The molecule has 9 heteroatoms. The largest absolute Gasteiger partial charge is 0.352 e. The molecule has 0 saturated carbocycles. The van der Waals surface area contributed by atoms with Crippen molar-refractivity contribution in [2.75, 3.05) is 6.54 Å². The Labute approximate surface area is 209 Å². The third-order valence-corrected chi connectivity index (χ3v) is 7.70. The molecule has 5 nitrogen and oxygen atoms in total. The van der Waals surface area contributed by atoms with E-state index in [1.165, 1.54) is 42.5 Å². The monoisotopic (exact) mass is 522 g/mol. The zero-order valence-electron chi connectivity index (χ0n) is 18.5. The minimum absolute atomic E-state index is 0.00775. The molecule has 180 valence electrons. The summed E-state index contributed by atoms with van der Waals surface area (Å²) in [5, 5.41) is 3.28. The molecule has 1 atom stereocenters. The predicted octanol–water partition coefficient (Wildman–Crippen LogP) is 5.46. The van der Waals surface area contributed by atoms with E-state index in [1.807, 2.05) is 37.3 Å². The second-order valence-electron chi connectivity index (χ2n) is 7.92. The summed E-state index contributed by atoms with van der Waals surface area (Å²) in [5.74, 6) is -1.15. The molecule has 0 radical (unpaired) electrons. The summed E-state index contributed by atoms with van der Waals surface area (Å²) in [7, 11) is -4.15. The number of hydrogen-bond acceptors (Lipinski definition) is 3.